The van der Waals surface area contributed by atoms with Crippen molar-refractivity contribution >= 4 is 11.8 Å². The number of hydrogen-bond acceptors (Lipinski definition) is 4. The first-order valence-corrected chi connectivity index (χ1v) is 12.0. The second-order valence-corrected chi connectivity index (χ2v) is 9.57. The van der Waals surface area contributed by atoms with Crippen LogP contribution < -0.4 is 10.6 Å². The zero-order valence-corrected chi connectivity index (χ0v) is 19.9. The summed E-state index contributed by atoms with van der Waals surface area (Å²) in [5.74, 6) is -3.44. The van der Waals surface area contributed by atoms with Gasteiger partial charge in [0, 0.05) is 50.5 Å². The second-order valence-electron chi connectivity index (χ2n) is 9.57. The van der Waals surface area contributed by atoms with Gasteiger partial charge in [-0.3, -0.25) is 9.59 Å². The quantitative estimate of drug-likeness (QED) is 0.526. The standard InChI is InChI=1S/C26H33F2N3O3/c1-15-6-4-7-17-10-18(30-25(15)17)11-24(32)31(8-5-9-34-3)16(2)21-14-29-26(33)20-13-23(28)22(27)12-19(20)21/h4,7,12-16,18-20,30H,5-6,8-11H2,1-3H3,(H,29,33)/t15?,16?,18?,19?,20-/m1/s1. The van der Waals surface area contributed by atoms with Crippen LogP contribution in [0.15, 0.2) is 59.0 Å². The Hall–Kier alpha value is -2.74. The molecule has 0 aromatic carbocycles. The largest absolute Gasteiger partial charge is 0.385 e. The van der Waals surface area contributed by atoms with Gasteiger partial charge in [0.2, 0.25) is 11.8 Å². The number of ether oxygens (including phenoxy) is 1. The highest BCUT2D eigenvalue weighted by atomic mass is 19.2. The van der Waals surface area contributed by atoms with E-state index in [4.69, 9.17) is 4.74 Å². The van der Waals surface area contributed by atoms with Crippen molar-refractivity contribution in [2.24, 2.45) is 17.8 Å². The highest BCUT2D eigenvalue weighted by molar-refractivity contribution is 5.85. The van der Waals surface area contributed by atoms with E-state index in [-0.39, 0.29) is 17.9 Å². The molecule has 0 spiro atoms. The van der Waals surface area contributed by atoms with E-state index >= 15 is 0 Å². The van der Waals surface area contributed by atoms with Crippen LogP contribution in [0.1, 0.15) is 39.5 Å². The lowest BCUT2D eigenvalue weighted by atomic mass is 9.77. The monoisotopic (exact) mass is 473 g/mol. The average molecular weight is 474 g/mol. The van der Waals surface area contributed by atoms with Gasteiger partial charge in [0.15, 0.2) is 11.7 Å². The third kappa shape index (κ3) is 4.87. The summed E-state index contributed by atoms with van der Waals surface area (Å²) in [6.07, 6.45) is 10.8. The van der Waals surface area contributed by atoms with Crippen LogP contribution in [0.2, 0.25) is 0 Å². The second kappa shape index (κ2) is 10.3. The lowest BCUT2D eigenvalue weighted by molar-refractivity contribution is -0.133. The van der Waals surface area contributed by atoms with Crippen LogP contribution in [-0.4, -0.2) is 49.1 Å². The van der Waals surface area contributed by atoms with Crippen LogP contribution in [0, 0.1) is 17.8 Å². The molecule has 2 heterocycles. The third-order valence-corrected chi connectivity index (χ3v) is 7.25. The number of carbonyl (C=O) groups excluding carboxylic acids is 2. The Morgan fingerprint density at radius 2 is 2.00 bits per heavy atom. The summed E-state index contributed by atoms with van der Waals surface area (Å²) in [4.78, 5) is 27.6. The fourth-order valence-corrected chi connectivity index (χ4v) is 5.40. The summed E-state index contributed by atoms with van der Waals surface area (Å²) >= 11 is 0. The molecule has 2 N–H and O–H groups in total. The average Bonchev–Trinajstić information content (AvgIpc) is 3.22. The molecule has 4 aliphatic rings. The van der Waals surface area contributed by atoms with Gasteiger partial charge in [-0.2, -0.15) is 0 Å². The lowest BCUT2D eigenvalue weighted by Crippen LogP contribution is -2.48. The maximum absolute atomic E-state index is 14.1. The number of amides is 2. The molecule has 0 aromatic rings. The molecule has 0 aromatic heterocycles. The van der Waals surface area contributed by atoms with Crippen LogP contribution in [0.3, 0.4) is 0 Å². The molecule has 0 bridgehead atoms. The van der Waals surface area contributed by atoms with E-state index in [1.54, 1.807) is 18.2 Å². The number of methoxy groups -OCH3 is 1. The van der Waals surface area contributed by atoms with Crippen molar-refractivity contribution in [3.8, 4) is 0 Å². The van der Waals surface area contributed by atoms with E-state index in [0.29, 0.717) is 37.5 Å². The Bertz CT molecular complexity index is 997. The summed E-state index contributed by atoms with van der Waals surface area (Å²) in [6, 6.07) is -0.379. The summed E-state index contributed by atoms with van der Waals surface area (Å²) < 4.78 is 33.1. The Morgan fingerprint density at radius 1 is 1.26 bits per heavy atom. The van der Waals surface area contributed by atoms with E-state index in [2.05, 4.69) is 29.7 Å². The third-order valence-electron chi connectivity index (χ3n) is 7.25. The molecule has 2 amide bonds. The number of carbonyl (C=O) groups is 2. The number of allylic oxidation sites excluding steroid dienone is 6. The first-order chi connectivity index (χ1) is 16.3. The zero-order valence-electron chi connectivity index (χ0n) is 19.9. The van der Waals surface area contributed by atoms with Gasteiger partial charge in [0.25, 0.3) is 0 Å². The maximum atomic E-state index is 14.1. The number of rotatable bonds is 8. The summed E-state index contributed by atoms with van der Waals surface area (Å²) in [5.41, 5.74) is 3.19. The fraction of sp³-hybridized carbons (Fsp3) is 0.538. The van der Waals surface area contributed by atoms with Gasteiger partial charge >= 0.3 is 0 Å². The minimum atomic E-state index is -1.02. The van der Waals surface area contributed by atoms with Crippen LogP contribution in [0.25, 0.3) is 0 Å². The van der Waals surface area contributed by atoms with Crippen molar-refractivity contribution in [3.05, 3.63) is 59.0 Å². The molecule has 5 atom stereocenters. The maximum Gasteiger partial charge on any atom is 0.231 e. The first-order valence-electron chi connectivity index (χ1n) is 12.0. The van der Waals surface area contributed by atoms with Gasteiger partial charge in [-0.1, -0.05) is 19.1 Å². The molecule has 8 heteroatoms. The minimum Gasteiger partial charge on any atom is -0.385 e. The smallest absolute Gasteiger partial charge is 0.231 e. The molecule has 6 nitrogen and oxygen atoms in total. The van der Waals surface area contributed by atoms with Crippen LogP contribution in [0.5, 0.6) is 0 Å². The summed E-state index contributed by atoms with van der Waals surface area (Å²) in [5, 5.41) is 6.22. The predicted octanol–water partition coefficient (Wildman–Crippen LogP) is 3.81. The van der Waals surface area contributed by atoms with Crippen LogP contribution >= 0.6 is 0 Å². The van der Waals surface area contributed by atoms with Crippen molar-refractivity contribution in [2.45, 2.75) is 51.6 Å². The van der Waals surface area contributed by atoms with E-state index in [1.165, 1.54) is 11.3 Å². The van der Waals surface area contributed by atoms with Gasteiger partial charge < -0.3 is 20.3 Å². The molecule has 0 fully saturated rings. The number of nitrogens with one attached hydrogen (secondary N) is 2. The van der Waals surface area contributed by atoms with E-state index < -0.39 is 29.5 Å². The Kier molecular flexibility index (Phi) is 7.36. The molecular weight excluding hydrogens is 440 g/mol. The van der Waals surface area contributed by atoms with Crippen LogP contribution in [-0.2, 0) is 14.3 Å². The highest BCUT2D eigenvalue weighted by Gasteiger charge is 2.40. The summed E-state index contributed by atoms with van der Waals surface area (Å²) in [7, 11) is 1.61. The number of halogens is 2. The van der Waals surface area contributed by atoms with Gasteiger partial charge in [-0.05, 0) is 55.4 Å². The Morgan fingerprint density at radius 3 is 2.71 bits per heavy atom. The summed E-state index contributed by atoms with van der Waals surface area (Å²) in [6.45, 7) is 5.02. The molecule has 0 saturated carbocycles. The van der Waals surface area contributed by atoms with E-state index in [1.807, 2.05) is 6.92 Å². The first kappa shape index (κ1) is 24.4. The lowest BCUT2D eigenvalue weighted by Gasteiger charge is -2.38. The topological polar surface area (TPSA) is 70.7 Å². The number of fused-ring (bicyclic) bond motifs is 1. The van der Waals surface area contributed by atoms with Crippen molar-refractivity contribution in [2.75, 3.05) is 20.3 Å². The van der Waals surface area contributed by atoms with Gasteiger partial charge in [-0.15, -0.1) is 0 Å². The number of nitrogens with zero attached hydrogens (tertiary/aromatic N) is 1. The minimum absolute atomic E-state index is 0.0195. The molecule has 2 aliphatic carbocycles. The Balaban J connectivity index is 1.51. The van der Waals surface area contributed by atoms with Gasteiger partial charge in [0.05, 0.1) is 12.0 Å². The Labute approximate surface area is 199 Å². The normalized spacial score (nSPS) is 28.7. The predicted molar refractivity (Wildman–Crippen MR) is 125 cm³/mol. The number of hydrogen-bond donors (Lipinski definition) is 2. The zero-order chi connectivity index (χ0) is 24.4. The van der Waals surface area contributed by atoms with Gasteiger partial charge in [-0.25, -0.2) is 8.78 Å². The molecule has 2 aliphatic heterocycles. The van der Waals surface area contributed by atoms with Crippen molar-refractivity contribution in [1.29, 1.82) is 0 Å². The fourth-order valence-electron chi connectivity index (χ4n) is 5.40. The van der Waals surface area contributed by atoms with Crippen LogP contribution in [0.4, 0.5) is 8.78 Å². The molecule has 0 saturated heterocycles. The molecular formula is C26H33F2N3O3. The molecule has 0 radical (unpaired) electrons. The molecule has 4 unspecified atom stereocenters. The van der Waals surface area contributed by atoms with Crippen molar-refractivity contribution in [3.63, 3.8) is 0 Å². The van der Waals surface area contributed by atoms with E-state index in [9.17, 15) is 18.4 Å². The molecule has 4 rings (SSSR count). The SMILES string of the molecule is COCCCN(C(=O)CC1CC2=C(N1)C(C)CC=C2)C(C)C1=CNC(=O)[C@@H]2C=C(F)C(F)=CC12. The van der Waals surface area contributed by atoms with Crippen molar-refractivity contribution in [1.82, 2.24) is 15.5 Å². The van der Waals surface area contributed by atoms with Gasteiger partial charge in [0.1, 0.15) is 0 Å². The van der Waals surface area contributed by atoms with Crippen molar-refractivity contribution < 1.29 is 23.1 Å². The highest BCUT2D eigenvalue weighted by Crippen LogP contribution is 2.38. The molecule has 184 valence electrons. The van der Waals surface area contributed by atoms with E-state index in [0.717, 1.165) is 25.0 Å². The molecule has 34 heavy (non-hydrogen) atoms.